The van der Waals surface area contributed by atoms with Gasteiger partial charge in [-0.15, -0.1) is 0 Å². The maximum Gasteiger partial charge on any atom is 0.343 e. The molecule has 1 heterocycles. The largest absolute Gasteiger partial charge is 0.497 e. The molecule has 0 spiro atoms. The Morgan fingerprint density at radius 1 is 0.941 bits per heavy atom. The summed E-state index contributed by atoms with van der Waals surface area (Å²) in [5.41, 5.74) is 1.77. The summed E-state index contributed by atoms with van der Waals surface area (Å²) in [6, 6.07) is 18.2. The molecule has 2 amide bonds. The molecule has 1 saturated heterocycles. The number of methoxy groups -OCH3 is 1. The molecular weight excluding hydrogens is 497 g/mol. The summed E-state index contributed by atoms with van der Waals surface area (Å²) in [6.45, 7) is 0.0964. The van der Waals surface area contributed by atoms with Gasteiger partial charge in [-0.25, -0.2) is 4.79 Å². The third-order valence-corrected chi connectivity index (χ3v) is 6.56. The number of nitrogens with zero attached hydrogens (tertiary/aromatic N) is 1. The molecule has 1 aliphatic rings. The molecule has 6 nitrogen and oxygen atoms in total. The predicted octanol–water partition coefficient (Wildman–Crippen LogP) is 6.46. The summed E-state index contributed by atoms with van der Waals surface area (Å²) < 4.78 is 10.5. The van der Waals surface area contributed by atoms with Crippen LogP contribution in [0.3, 0.4) is 0 Å². The van der Waals surface area contributed by atoms with Crippen molar-refractivity contribution < 1.29 is 23.9 Å². The maximum atomic E-state index is 12.8. The van der Waals surface area contributed by atoms with Crippen molar-refractivity contribution in [2.24, 2.45) is 0 Å². The van der Waals surface area contributed by atoms with E-state index in [-0.39, 0.29) is 11.8 Å². The highest BCUT2D eigenvalue weighted by Gasteiger charge is 2.35. The number of amides is 2. The van der Waals surface area contributed by atoms with Crippen molar-refractivity contribution in [1.82, 2.24) is 4.90 Å². The number of imide groups is 1. The van der Waals surface area contributed by atoms with Crippen molar-refractivity contribution >= 4 is 58.2 Å². The van der Waals surface area contributed by atoms with E-state index in [4.69, 9.17) is 32.7 Å². The Hall–Kier alpha value is -3.26. The summed E-state index contributed by atoms with van der Waals surface area (Å²) in [7, 11) is 1.55. The first kappa shape index (κ1) is 23.9. The van der Waals surface area contributed by atoms with Crippen LogP contribution in [0.5, 0.6) is 11.5 Å². The third-order valence-electron chi connectivity index (χ3n) is 4.91. The molecule has 0 bridgehead atoms. The Balaban J connectivity index is 1.42. The summed E-state index contributed by atoms with van der Waals surface area (Å²) in [5, 5.41) is 0.388. The lowest BCUT2D eigenvalue weighted by molar-refractivity contribution is -0.123. The van der Waals surface area contributed by atoms with Crippen LogP contribution in [0.25, 0.3) is 6.08 Å². The lowest BCUT2D eigenvalue weighted by Crippen LogP contribution is -2.27. The number of benzene rings is 3. The first-order valence-electron chi connectivity index (χ1n) is 9.99. The molecule has 34 heavy (non-hydrogen) atoms. The summed E-state index contributed by atoms with van der Waals surface area (Å²) >= 11 is 12.8. The van der Waals surface area contributed by atoms with E-state index in [1.807, 2.05) is 0 Å². The van der Waals surface area contributed by atoms with Crippen molar-refractivity contribution in [3.05, 3.63) is 98.4 Å². The SMILES string of the molecule is COc1ccc(C(=O)Oc2ccc(/C=C3\SC(=O)N(Cc4ccc(Cl)c(Cl)c4)C3=O)cc2)cc1. The van der Waals surface area contributed by atoms with Gasteiger partial charge in [-0.2, -0.15) is 0 Å². The van der Waals surface area contributed by atoms with Crippen LogP contribution in [0, 0.1) is 0 Å². The van der Waals surface area contributed by atoms with Crippen molar-refractivity contribution in [3.8, 4) is 11.5 Å². The van der Waals surface area contributed by atoms with Crippen molar-refractivity contribution in [2.45, 2.75) is 6.54 Å². The number of halogens is 2. The van der Waals surface area contributed by atoms with E-state index in [1.165, 1.54) is 0 Å². The standard InChI is InChI=1S/C25H17Cl2NO5S/c1-32-18-9-5-17(6-10-18)24(30)33-19-7-2-15(3-8-19)13-22-23(29)28(25(31)34-22)14-16-4-11-20(26)21(27)12-16/h2-13H,14H2,1H3/b22-13-. The van der Waals surface area contributed by atoms with E-state index in [2.05, 4.69) is 0 Å². The van der Waals surface area contributed by atoms with Crippen molar-refractivity contribution in [3.63, 3.8) is 0 Å². The molecule has 0 N–H and O–H groups in total. The maximum absolute atomic E-state index is 12.8. The van der Waals surface area contributed by atoms with Crippen LogP contribution in [0.4, 0.5) is 4.79 Å². The molecule has 0 atom stereocenters. The zero-order chi connectivity index (χ0) is 24.2. The van der Waals surface area contributed by atoms with Gasteiger partial charge in [0.25, 0.3) is 11.1 Å². The lowest BCUT2D eigenvalue weighted by Gasteiger charge is -2.12. The molecule has 1 aliphatic heterocycles. The molecule has 1 fully saturated rings. The Bertz CT molecular complexity index is 1290. The van der Waals surface area contributed by atoms with Crippen molar-refractivity contribution in [1.29, 1.82) is 0 Å². The van der Waals surface area contributed by atoms with Gasteiger partial charge in [-0.3, -0.25) is 14.5 Å². The minimum atomic E-state index is -0.501. The van der Waals surface area contributed by atoms with E-state index < -0.39 is 11.9 Å². The van der Waals surface area contributed by atoms with E-state index in [0.717, 1.165) is 16.7 Å². The van der Waals surface area contributed by atoms with Gasteiger partial charge >= 0.3 is 5.97 Å². The predicted molar refractivity (Wildman–Crippen MR) is 132 cm³/mol. The van der Waals surface area contributed by atoms with E-state index >= 15 is 0 Å². The molecule has 0 aromatic heterocycles. The number of esters is 1. The normalized spacial score (nSPS) is 14.6. The zero-order valence-electron chi connectivity index (χ0n) is 17.8. The molecule has 3 aromatic carbocycles. The second-order valence-electron chi connectivity index (χ2n) is 7.20. The van der Waals surface area contributed by atoms with Gasteiger partial charge in [0.2, 0.25) is 0 Å². The van der Waals surface area contributed by atoms with Crippen LogP contribution in [0.1, 0.15) is 21.5 Å². The Morgan fingerprint density at radius 3 is 2.26 bits per heavy atom. The van der Waals surface area contributed by atoms with Crippen LogP contribution >= 0.6 is 35.0 Å². The Labute approximate surface area is 210 Å². The smallest absolute Gasteiger partial charge is 0.343 e. The second-order valence-corrected chi connectivity index (χ2v) is 9.01. The minimum Gasteiger partial charge on any atom is -0.497 e. The van der Waals surface area contributed by atoms with Crippen LogP contribution in [-0.2, 0) is 11.3 Å². The molecule has 3 aromatic rings. The van der Waals surface area contributed by atoms with E-state index in [0.29, 0.717) is 43.1 Å². The van der Waals surface area contributed by atoms with Gasteiger partial charge < -0.3 is 9.47 Å². The third kappa shape index (κ3) is 5.44. The highest BCUT2D eigenvalue weighted by atomic mass is 35.5. The van der Waals surface area contributed by atoms with Gasteiger partial charge in [-0.05, 0) is 77.5 Å². The topological polar surface area (TPSA) is 72.9 Å². The fourth-order valence-corrected chi connectivity index (χ4v) is 4.29. The van der Waals surface area contributed by atoms with E-state index in [1.54, 1.807) is 79.9 Å². The number of carbonyl (C=O) groups excluding carboxylic acids is 3. The summed E-state index contributed by atoms with van der Waals surface area (Å²) in [6.07, 6.45) is 1.62. The van der Waals surface area contributed by atoms with Crippen LogP contribution in [0.2, 0.25) is 10.0 Å². The van der Waals surface area contributed by atoms with Crippen molar-refractivity contribution in [2.75, 3.05) is 7.11 Å². The first-order valence-corrected chi connectivity index (χ1v) is 11.6. The quantitative estimate of drug-likeness (QED) is 0.214. The zero-order valence-corrected chi connectivity index (χ0v) is 20.1. The van der Waals surface area contributed by atoms with Crippen LogP contribution in [0.15, 0.2) is 71.6 Å². The molecule has 0 unspecified atom stereocenters. The van der Waals surface area contributed by atoms with Gasteiger partial charge in [0, 0.05) is 0 Å². The number of carbonyl (C=O) groups is 3. The van der Waals surface area contributed by atoms with Gasteiger partial charge in [0.05, 0.1) is 34.2 Å². The average Bonchev–Trinajstić information content (AvgIpc) is 3.10. The Kier molecular flexibility index (Phi) is 7.26. The number of rotatable bonds is 6. The van der Waals surface area contributed by atoms with Gasteiger partial charge in [0.1, 0.15) is 11.5 Å². The Morgan fingerprint density at radius 2 is 1.62 bits per heavy atom. The number of hydrogen-bond donors (Lipinski definition) is 0. The molecule has 0 radical (unpaired) electrons. The molecule has 172 valence electrons. The van der Waals surface area contributed by atoms with Gasteiger partial charge in [0.15, 0.2) is 0 Å². The second kappa shape index (κ2) is 10.3. The molecular formula is C25H17Cl2NO5S. The number of thioether (sulfide) groups is 1. The first-order chi connectivity index (χ1) is 16.3. The monoisotopic (exact) mass is 513 g/mol. The van der Waals surface area contributed by atoms with Gasteiger partial charge in [-0.1, -0.05) is 41.4 Å². The fraction of sp³-hybridized carbons (Fsp3) is 0.0800. The number of hydrogen-bond acceptors (Lipinski definition) is 6. The summed E-state index contributed by atoms with van der Waals surface area (Å²) in [5.74, 6) is 0.0999. The fourth-order valence-electron chi connectivity index (χ4n) is 3.13. The molecule has 0 saturated carbocycles. The molecule has 4 rings (SSSR count). The average molecular weight is 514 g/mol. The van der Waals surface area contributed by atoms with Crippen LogP contribution < -0.4 is 9.47 Å². The summed E-state index contributed by atoms with van der Waals surface area (Å²) in [4.78, 5) is 38.9. The molecule has 0 aliphatic carbocycles. The molecule has 9 heteroatoms. The van der Waals surface area contributed by atoms with Crippen LogP contribution in [-0.4, -0.2) is 29.1 Å². The van der Waals surface area contributed by atoms with E-state index in [9.17, 15) is 14.4 Å². The highest BCUT2D eigenvalue weighted by molar-refractivity contribution is 8.18. The highest BCUT2D eigenvalue weighted by Crippen LogP contribution is 2.34. The number of ether oxygens (including phenoxy) is 2. The lowest BCUT2D eigenvalue weighted by atomic mass is 10.2. The minimum absolute atomic E-state index is 0.0964.